The molecule has 4 rings (SSSR count). The molecular formula is C22H21Cl2N3O3. The summed E-state index contributed by atoms with van der Waals surface area (Å²) in [4.78, 5) is 28.8. The van der Waals surface area contributed by atoms with E-state index in [2.05, 4.69) is 15.6 Å². The van der Waals surface area contributed by atoms with Crippen LogP contribution in [0.3, 0.4) is 0 Å². The number of hydrogen-bond donors (Lipinski definition) is 3. The number of carbonyl (C=O) groups is 2. The van der Waals surface area contributed by atoms with Gasteiger partial charge in [0.15, 0.2) is 0 Å². The zero-order valence-corrected chi connectivity index (χ0v) is 18.3. The predicted molar refractivity (Wildman–Crippen MR) is 119 cm³/mol. The van der Waals surface area contributed by atoms with Crippen LogP contribution in [-0.4, -0.2) is 28.9 Å². The average molecular weight is 446 g/mol. The number of ether oxygens (including phenoxy) is 1. The van der Waals surface area contributed by atoms with Crippen LogP contribution in [-0.2, 0) is 16.0 Å². The van der Waals surface area contributed by atoms with Crippen molar-refractivity contribution in [3.8, 4) is 5.75 Å². The number of aryl methyl sites for hydroxylation is 2. The van der Waals surface area contributed by atoms with E-state index in [1.807, 2.05) is 26.0 Å². The number of hydrogen-bond acceptors (Lipinski definition) is 3. The maximum atomic E-state index is 12.8. The molecule has 0 fully saturated rings. The number of amides is 2. The number of nitrogens with one attached hydrogen (secondary N) is 3. The van der Waals surface area contributed by atoms with Crippen molar-refractivity contribution in [1.82, 2.24) is 10.3 Å². The highest BCUT2D eigenvalue weighted by molar-refractivity contribution is 6.36. The topological polar surface area (TPSA) is 83.2 Å². The van der Waals surface area contributed by atoms with Gasteiger partial charge < -0.3 is 20.4 Å². The van der Waals surface area contributed by atoms with Crippen LogP contribution in [0.1, 0.15) is 23.7 Å². The maximum absolute atomic E-state index is 12.8. The molecule has 30 heavy (non-hydrogen) atoms. The molecule has 0 spiro atoms. The third kappa shape index (κ3) is 3.40. The van der Waals surface area contributed by atoms with Crippen LogP contribution < -0.4 is 15.4 Å². The first-order chi connectivity index (χ1) is 14.2. The van der Waals surface area contributed by atoms with Crippen molar-refractivity contribution in [2.75, 3.05) is 11.9 Å². The molecule has 0 radical (unpaired) electrons. The van der Waals surface area contributed by atoms with Crippen molar-refractivity contribution < 1.29 is 14.3 Å². The molecular weight excluding hydrogens is 425 g/mol. The van der Waals surface area contributed by atoms with E-state index < -0.39 is 17.4 Å². The zero-order valence-electron chi connectivity index (χ0n) is 16.8. The highest BCUT2D eigenvalue weighted by atomic mass is 35.5. The third-order valence-corrected chi connectivity index (χ3v) is 6.01. The number of fused-ring (bicyclic) bond motifs is 2. The molecule has 156 valence electrons. The predicted octanol–water partition coefficient (Wildman–Crippen LogP) is 4.54. The summed E-state index contributed by atoms with van der Waals surface area (Å²) in [6.45, 7) is 5.78. The quantitative estimate of drug-likeness (QED) is 0.515. The summed E-state index contributed by atoms with van der Waals surface area (Å²) in [5, 5.41) is 7.61. The fourth-order valence-electron chi connectivity index (χ4n) is 3.72. The number of aromatic nitrogens is 1. The Hall–Kier alpha value is -2.70. The molecule has 2 aromatic carbocycles. The SMILES string of the molecule is Cc1[nH]c2c(C)ccc(Cl)c2c1CCNC(=O)C1(C)Oc2ccc(Cl)cc2NC1=O. The Morgan fingerprint density at radius 2 is 1.97 bits per heavy atom. The second-order valence-electron chi connectivity index (χ2n) is 7.58. The summed E-state index contributed by atoms with van der Waals surface area (Å²) >= 11 is 12.4. The molecule has 8 heteroatoms. The summed E-state index contributed by atoms with van der Waals surface area (Å²) in [6, 6.07) is 8.69. The van der Waals surface area contributed by atoms with E-state index in [-0.39, 0.29) is 0 Å². The summed E-state index contributed by atoms with van der Waals surface area (Å²) in [7, 11) is 0. The lowest BCUT2D eigenvalue weighted by Crippen LogP contribution is -2.58. The Morgan fingerprint density at radius 3 is 2.73 bits per heavy atom. The molecule has 2 amide bonds. The van der Waals surface area contributed by atoms with E-state index in [9.17, 15) is 9.59 Å². The molecule has 1 aliphatic rings. The van der Waals surface area contributed by atoms with Gasteiger partial charge in [0.25, 0.3) is 17.4 Å². The van der Waals surface area contributed by atoms with Crippen molar-refractivity contribution in [2.45, 2.75) is 32.8 Å². The standard InChI is InChI=1S/C22H21Cl2N3O3/c1-11-4-6-15(24)18-14(12(2)26-19(11)18)8-9-25-20(28)22(3)21(29)27-16-10-13(23)5-7-17(16)30-22/h4-7,10,26H,8-9H2,1-3H3,(H,25,28)(H,27,29). The Morgan fingerprint density at radius 1 is 1.20 bits per heavy atom. The van der Waals surface area contributed by atoms with Gasteiger partial charge in [-0.05, 0) is 62.6 Å². The number of benzene rings is 2. The van der Waals surface area contributed by atoms with Gasteiger partial charge in [0.05, 0.1) is 16.2 Å². The van der Waals surface area contributed by atoms with Crippen molar-refractivity contribution >= 4 is 51.6 Å². The van der Waals surface area contributed by atoms with Crippen LogP contribution in [0.25, 0.3) is 10.9 Å². The van der Waals surface area contributed by atoms with E-state index in [0.29, 0.717) is 34.4 Å². The average Bonchev–Trinajstić information content (AvgIpc) is 3.03. The highest BCUT2D eigenvalue weighted by Gasteiger charge is 2.47. The van der Waals surface area contributed by atoms with Crippen LogP contribution >= 0.6 is 23.2 Å². The third-order valence-electron chi connectivity index (χ3n) is 5.46. The van der Waals surface area contributed by atoms with Crippen LogP contribution in [0, 0.1) is 13.8 Å². The molecule has 1 aromatic heterocycles. The molecule has 1 atom stereocenters. The van der Waals surface area contributed by atoms with Crippen LogP contribution in [0.4, 0.5) is 5.69 Å². The summed E-state index contributed by atoms with van der Waals surface area (Å²) in [5.41, 5.74) is 2.91. The number of rotatable bonds is 4. The van der Waals surface area contributed by atoms with Crippen LogP contribution in [0.2, 0.25) is 10.0 Å². The van der Waals surface area contributed by atoms with Crippen LogP contribution in [0.15, 0.2) is 30.3 Å². The number of anilines is 1. The van der Waals surface area contributed by atoms with Crippen molar-refractivity contribution in [2.24, 2.45) is 0 Å². The molecule has 1 aliphatic heterocycles. The van der Waals surface area contributed by atoms with Gasteiger partial charge in [-0.2, -0.15) is 0 Å². The molecule has 3 aromatic rings. The molecule has 1 unspecified atom stereocenters. The van der Waals surface area contributed by atoms with Gasteiger partial charge in [-0.1, -0.05) is 29.3 Å². The van der Waals surface area contributed by atoms with E-state index in [4.69, 9.17) is 27.9 Å². The van der Waals surface area contributed by atoms with Gasteiger partial charge in [0.2, 0.25) is 0 Å². The first-order valence-electron chi connectivity index (χ1n) is 9.55. The monoisotopic (exact) mass is 445 g/mol. The molecule has 0 saturated carbocycles. The first kappa shape index (κ1) is 20.6. The van der Waals surface area contributed by atoms with Gasteiger partial charge >= 0.3 is 0 Å². The molecule has 0 saturated heterocycles. The van der Waals surface area contributed by atoms with Gasteiger partial charge in [0, 0.05) is 22.6 Å². The van der Waals surface area contributed by atoms with Crippen molar-refractivity contribution in [3.63, 3.8) is 0 Å². The lowest BCUT2D eigenvalue weighted by Gasteiger charge is -2.33. The molecule has 6 nitrogen and oxygen atoms in total. The fraction of sp³-hybridized carbons (Fsp3) is 0.273. The second-order valence-corrected chi connectivity index (χ2v) is 8.42. The number of H-pyrrole nitrogens is 1. The number of carbonyl (C=O) groups excluding carboxylic acids is 2. The number of halogens is 2. The first-order valence-corrected chi connectivity index (χ1v) is 10.3. The Labute approximate surface area is 183 Å². The van der Waals surface area contributed by atoms with E-state index in [0.717, 1.165) is 27.7 Å². The lowest BCUT2D eigenvalue weighted by molar-refractivity contribution is -0.146. The zero-order chi connectivity index (χ0) is 21.6. The van der Waals surface area contributed by atoms with Gasteiger partial charge in [0.1, 0.15) is 5.75 Å². The smallest absolute Gasteiger partial charge is 0.278 e. The van der Waals surface area contributed by atoms with E-state index in [1.165, 1.54) is 6.92 Å². The fourth-order valence-corrected chi connectivity index (χ4v) is 4.16. The lowest BCUT2D eigenvalue weighted by atomic mass is 10.0. The summed E-state index contributed by atoms with van der Waals surface area (Å²) < 4.78 is 5.76. The highest BCUT2D eigenvalue weighted by Crippen LogP contribution is 2.36. The van der Waals surface area contributed by atoms with E-state index >= 15 is 0 Å². The normalized spacial score (nSPS) is 18.0. The molecule has 2 heterocycles. The molecule has 3 N–H and O–H groups in total. The van der Waals surface area contributed by atoms with Crippen LogP contribution in [0.5, 0.6) is 5.75 Å². The summed E-state index contributed by atoms with van der Waals surface area (Å²) in [5.74, 6) is -0.663. The Balaban J connectivity index is 1.50. The Kier molecular flexibility index (Phi) is 5.16. The van der Waals surface area contributed by atoms with Gasteiger partial charge in [-0.25, -0.2) is 0 Å². The van der Waals surface area contributed by atoms with Gasteiger partial charge in [-0.3, -0.25) is 9.59 Å². The molecule has 0 bridgehead atoms. The van der Waals surface area contributed by atoms with Gasteiger partial charge in [-0.15, -0.1) is 0 Å². The minimum absolute atomic E-state index is 0.330. The maximum Gasteiger partial charge on any atom is 0.278 e. The minimum Gasteiger partial charge on any atom is -0.466 e. The van der Waals surface area contributed by atoms with Crippen molar-refractivity contribution in [1.29, 1.82) is 0 Å². The number of aromatic amines is 1. The largest absolute Gasteiger partial charge is 0.466 e. The van der Waals surface area contributed by atoms with E-state index in [1.54, 1.807) is 18.2 Å². The Bertz CT molecular complexity index is 1190. The molecule has 0 aliphatic carbocycles. The second kappa shape index (κ2) is 7.52. The summed E-state index contributed by atoms with van der Waals surface area (Å²) in [6.07, 6.45) is 0.560. The van der Waals surface area contributed by atoms with Crippen molar-refractivity contribution in [3.05, 3.63) is 57.2 Å². The minimum atomic E-state index is -1.68.